The molecule has 1 aliphatic heterocycles. The summed E-state index contributed by atoms with van der Waals surface area (Å²) < 4.78 is 6.66. The lowest BCUT2D eigenvalue weighted by Crippen LogP contribution is -2.35. The zero-order valence-corrected chi connectivity index (χ0v) is 16.4. The highest BCUT2D eigenvalue weighted by Crippen LogP contribution is 2.38. The fourth-order valence-corrected chi connectivity index (χ4v) is 4.35. The number of methoxy groups -OCH3 is 1. The largest absolute Gasteiger partial charge is 0.465 e. The molecule has 3 heterocycles. The average molecular weight is 376 g/mol. The van der Waals surface area contributed by atoms with Gasteiger partial charge >= 0.3 is 5.97 Å². The minimum absolute atomic E-state index is 0.318. The number of anilines is 1. The van der Waals surface area contributed by atoms with Gasteiger partial charge in [0.05, 0.1) is 12.7 Å². The molecule has 0 atom stereocenters. The molecule has 0 radical (unpaired) electrons. The zero-order chi connectivity index (χ0) is 18.8. The smallest absolute Gasteiger partial charge is 0.341 e. The standard InChI is InChI=1S/C18H24N4O3S/c1-5-22-9-7-13(20-22)16(23)19-17-15(18(24)25-4)12-6-8-21(11(2)3)10-14(12)26-17/h7,9,11H,5-6,8,10H2,1-4H3,(H,19,23). The van der Waals surface area contributed by atoms with E-state index in [1.165, 1.54) is 18.4 Å². The number of esters is 1. The minimum atomic E-state index is -0.408. The summed E-state index contributed by atoms with van der Waals surface area (Å²) >= 11 is 1.45. The number of carbonyl (C=O) groups excluding carboxylic acids is 2. The van der Waals surface area contributed by atoms with Crippen LogP contribution in [-0.2, 0) is 24.2 Å². The van der Waals surface area contributed by atoms with E-state index in [1.54, 1.807) is 16.9 Å². The van der Waals surface area contributed by atoms with Crippen LogP contribution in [0.25, 0.3) is 0 Å². The summed E-state index contributed by atoms with van der Waals surface area (Å²) in [7, 11) is 1.37. The van der Waals surface area contributed by atoms with Crippen molar-refractivity contribution in [2.75, 3.05) is 19.0 Å². The van der Waals surface area contributed by atoms with Crippen LogP contribution >= 0.6 is 11.3 Å². The predicted octanol–water partition coefficient (Wildman–Crippen LogP) is 2.77. The Kier molecular flexibility index (Phi) is 5.43. The molecule has 0 bridgehead atoms. The first kappa shape index (κ1) is 18.6. The molecule has 3 rings (SSSR count). The molecule has 0 unspecified atom stereocenters. The summed E-state index contributed by atoms with van der Waals surface area (Å²) in [5.74, 6) is -0.725. The number of nitrogens with zero attached hydrogens (tertiary/aromatic N) is 3. The third-order valence-corrected chi connectivity index (χ3v) is 5.76. The molecular weight excluding hydrogens is 352 g/mol. The Morgan fingerprint density at radius 1 is 1.42 bits per heavy atom. The molecule has 0 saturated carbocycles. The van der Waals surface area contributed by atoms with Crippen molar-refractivity contribution in [3.8, 4) is 0 Å². The number of nitrogens with one attached hydrogen (secondary N) is 1. The van der Waals surface area contributed by atoms with E-state index >= 15 is 0 Å². The van der Waals surface area contributed by atoms with Gasteiger partial charge in [-0.2, -0.15) is 5.10 Å². The van der Waals surface area contributed by atoms with Gasteiger partial charge in [0.25, 0.3) is 5.91 Å². The molecule has 7 nitrogen and oxygen atoms in total. The Balaban J connectivity index is 1.91. The van der Waals surface area contributed by atoms with Crippen LogP contribution in [0.1, 0.15) is 52.1 Å². The maximum absolute atomic E-state index is 12.5. The second-order valence-electron chi connectivity index (χ2n) is 6.52. The Labute approximate surface area is 156 Å². The molecule has 2 aromatic rings. The highest BCUT2D eigenvalue weighted by Gasteiger charge is 2.30. The number of fused-ring (bicyclic) bond motifs is 1. The molecule has 0 aromatic carbocycles. The van der Waals surface area contributed by atoms with Gasteiger partial charge in [-0.1, -0.05) is 0 Å². The molecule has 26 heavy (non-hydrogen) atoms. The number of aromatic nitrogens is 2. The molecule has 0 fully saturated rings. The molecule has 1 amide bonds. The van der Waals surface area contributed by atoms with Crippen LogP contribution in [0.3, 0.4) is 0 Å². The molecule has 8 heteroatoms. The van der Waals surface area contributed by atoms with Gasteiger partial charge in [0, 0.05) is 36.8 Å². The quantitative estimate of drug-likeness (QED) is 0.812. The molecule has 1 aliphatic rings. The molecule has 0 saturated heterocycles. The molecule has 1 N–H and O–H groups in total. The van der Waals surface area contributed by atoms with Crippen LogP contribution in [0.2, 0.25) is 0 Å². The normalized spacial score (nSPS) is 14.3. The van der Waals surface area contributed by atoms with Crippen molar-refractivity contribution in [2.45, 2.75) is 46.3 Å². The van der Waals surface area contributed by atoms with E-state index in [-0.39, 0.29) is 5.91 Å². The monoisotopic (exact) mass is 376 g/mol. The van der Waals surface area contributed by atoms with Crippen LogP contribution in [0.4, 0.5) is 5.00 Å². The topological polar surface area (TPSA) is 76.5 Å². The molecule has 0 spiro atoms. The first-order chi connectivity index (χ1) is 12.4. The van der Waals surface area contributed by atoms with E-state index < -0.39 is 5.97 Å². The summed E-state index contributed by atoms with van der Waals surface area (Å²) in [4.78, 5) is 28.4. The van der Waals surface area contributed by atoms with E-state index in [0.717, 1.165) is 30.0 Å². The summed E-state index contributed by atoms with van der Waals surface area (Å²) in [5.41, 5.74) is 1.81. The van der Waals surface area contributed by atoms with Crippen LogP contribution in [-0.4, -0.2) is 46.3 Å². The maximum atomic E-state index is 12.5. The molecule has 0 aliphatic carbocycles. The Hall–Kier alpha value is -2.19. The number of hydrogen-bond acceptors (Lipinski definition) is 6. The Morgan fingerprint density at radius 2 is 2.19 bits per heavy atom. The van der Waals surface area contributed by atoms with Gasteiger partial charge in [0.15, 0.2) is 5.69 Å². The average Bonchev–Trinajstić information content (AvgIpc) is 3.24. The second-order valence-corrected chi connectivity index (χ2v) is 7.63. The zero-order valence-electron chi connectivity index (χ0n) is 15.5. The van der Waals surface area contributed by atoms with Gasteiger partial charge in [-0.25, -0.2) is 4.79 Å². The number of amides is 1. The van der Waals surface area contributed by atoms with Crippen molar-refractivity contribution in [2.24, 2.45) is 0 Å². The molecule has 2 aromatic heterocycles. The number of aryl methyl sites for hydroxylation is 1. The van der Waals surface area contributed by atoms with Crippen molar-refractivity contribution in [3.63, 3.8) is 0 Å². The van der Waals surface area contributed by atoms with Crippen molar-refractivity contribution in [3.05, 3.63) is 34.0 Å². The van der Waals surface area contributed by atoms with Crippen LogP contribution in [0.15, 0.2) is 12.3 Å². The SMILES string of the molecule is CCn1ccc(C(=O)Nc2sc3c(c2C(=O)OC)CCN(C(C)C)C3)n1. The van der Waals surface area contributed by atoms with Gasteiger partial charge < -0.3 is 10.1 Å². The lowest BCUT2D eigenvalue weighted by molar-refractivity contribution is 0.0600. The van der Waals surface area contributed by atoms with E-state index in [0.29, 0.717) is 28.8 Å². The number of thiophene rings is 1. The van der Waals surface area contributed by atoms with Gasteiger partial charge in [-0.3, -0.25) is 14.4 Å². The first-order valence-electron chi connectivity index (χ1n) is 8.76. The second kappa shape index (κ2) is 7.59. The Bertz CT molecular complexity index is 825. The van der Waals surface area contributed by atoms with Crippen molar-refractivity contribution < 1.29 is 14.3 Å². The van der Waals surface area contributed by atoms with Gasteiger partial charge in [-0.15, -0.1) is 11.3 Å². The number of rotatable bonds is 5. The summed E-state index contributed by atoms with van der Waals surface area (Å²) in [6.45, 7) is 8.64. The van der Waals surface area contributed by atoms with Crippen LogP contribution < -0.4 is 5.32 Å². The summed E-state index contributed by atoms with van der Waals surface area (Å²) in [6, 6.07) is 2.10. The highest BCUT2D eigenvalue weighted by molar-refractivity contribution is 7.17. The minimum Gasteiger partial charge on any atom is -0.465 e. The molecule has 140 valence electrons. The van der Waals surface area contributed by atoms with Gasteiger partial charge in [0.1, 0.15) is 5.00 Å². The summed E-state index contributed by atoms with van der Waals surface area (Å²) in [6.07, 6.45) is 2.53. The molecular formula is C18H24N4O3S. The van der Waals surface area contributed by atoms with Crippen molar-refractivity contribution in [1.29, 1.82) is 0 Å². The maximum Gasteiger partial charge on any atom is 0.341 e. The number of hydrogen-bond donors (Lipinski definition) is 1. The van der Waals surface area contributed by atoms with E-state index in [2.05, 4.69) is 29.2 Å². The predicted molar refractivity (Wildman–Crippen MR) is 101 cm³/mol. The Morgan fingerprint density at radius 3 is 2.81 bits per heavy atom. The first-order valence-corrected chi connectivity index (χ1v) is 9.57. The lowest BCUT2D eigenvalue weighted by atomic mass is 10.0. The fraction of sp³-hybridized carbons (Fsp3) is 0.500. The summed E-state index contributed by atoms with van der Waals surface area (Å²) in [5, 5.41) is 7.63. The van der Waals surface area contributed by atoms with Gasteiger partial charge in [0.2, 0.25) is 0 Å². The third-order valence-electron chi connectivity index (χ3n) is 4.63. The lowest BCUT2D eigenvalue weighted by Gasteiger charge is -2.30. The van der Waals surface area contributed by atoms with E-state index in [9.17, 15) is 9.59 Å². The van der Waals surface area contributed by atoms with Gasteiger partial charge in [-0.05, 0) is 38.8 Å². The van der Waals surface area contributed by atoms with E-state index in [1.807, 2.05) is 6.92 Å². The number of ether oxygens (including phenoxy) is 1. The fourth-order valence-electron chi connectivity index (χ4n) is 3.10. The number of carbonyl (C=O) groups is 2. The van der Waals surface area contributed by atoms with Crippen LogP contribution in [0.5, 0.6) is 0 Å². The van der Waals surface area contributed by atoms with E-state index in [4.69, 9.17) is 4.74 Å². The van der Waals surface area contributed by atoms with Crippen molar-refractivity contribution >= 4 is 28.2 Å². The highest BCUT2D eigenvalue weighted by atomic mass is 32.1. The van der Waals surface area contributed by atoms with Crippen LogP contribution in [0, 0.1) is 0 Å². The van der Waals surface area contributed by atoms with Crippen molar-refractivity contribution in [1.82, 2.24) is 14.7 Å². The third kappa shape index (κ3) is 3.52.